The Morgan fingerprint density at radius 2 is 1.71 bits per heavy atom. The molecule has 34 heavy (non-hydrogen) atoms. The van der Waals surface area contributed by atoms with E-state index in [4.69, 9.17) is 15.6 Å². The summed E-state index contributed by atoms with van der Waals surface area (Å²) in [5, 5.41) is 12.9. The average Bonchev–Trinajstić information content (AvgIpc) is 3.21. The van der Waals surface area contributed by atoms with Crippen LogP contribution in [0.4, 0.5) is 0 Å². The summed E-state index contributed by atoms with van der Waals surface area (Å²) >= 11 is 0. The summed E-state index contributed by atoms with van der Waals surface area (Å²) in [5.41, 5.74) is 11.9. The Balaban J connectivity index is 1.58. The third-order valence-corrected chi connectivity index (χ3v) is 6.11. The Morgan fingerprint density at radius 1 is 0.941 bits per heavy atom. The van der Waals surface area contributed by atoms with Crippen LogP contribution in [0.3, 0.4) is 0 Å². The van der Waals surface area contributed by atoms with Crippen LogP contribution in [0.5, 0.6) is 0 Å². The number of nitrogens with two attached hydrogens (primary N) is 1. The molecule has 5 rings (SSSR count). The summed E-state index contributed by atoms with van der Waals surface area (Å²) < 4.78 is 5.97. The van der Waals surface area contributed by atoms with E-state index in [0.717, 1.165) is 43.8 Å². The summed E-state index contributed by atoms with van der Waals surface area (Å²) in [5.74, 6) is 0.887. The minimum absolute atomic E-state index is 0.129. The first kappa shape index (κ1) is 21.7. The first-order valence-electron chi connectivity index (χ1n) is 11.5. The number of furan rings is 1. The monoisotopic (exact) mass is 445 g/mol. The van der Waals surface area contributed by atoms with E-state index < -0.39 is 0 Å². The van der Waals surface area contributed by atoms with Gasteiger partial charge in [0, 0.05) is 21.9 Å². The van der Waals surface area contributed by atoms with Crippen LogP contribution in [0, 0.1) is 18.3 Å². The van der Waals surface area contributed by atoms with Gasteiger partial charge in [-0.1, -0.05) is 80.6 Å². The van der Waals surface area contributed by atoms with Crippen LogP contribution < -0.4 is 5.73 Å². The van der Waals surface area contributed by atoms with Crippen molar-refractivity contribution >= 4 is 50.5 Å². The van der Waals surface area contributed by atoms with Gasteiger partial charge in [-0.25, -0.2) is 4.99 Å². The number of benzene rings is 4. The molecule has 0 saturated heterocycles. The number of fused-ring (bicyclic) bond motifs is 4. The minimum atomic E-state index is 0.129. The Kier molecular flexibility index (Phi) is 5.50. The molecule has 1 heterocycles. The maximum Gasteiger partial charge on any atom is 0.154 e. The predicted molar refractivity (Wildman–Crippen MR) is 144 cm³/mol. The molecule has 3 N–H and O–H groups in total. The lowest BCUT2D eigenvalue weighted by atomic mass is 9.96. The Hall–Kier alpha value is -4.18. The number of hydrogen-bond donors (Lipinski definition) is 2. The first-order chi connectivity index (χ1) is 16.4. The number of hydrogen-bond acceptors (Lipinski definition) is 2. The smallest absolute Gasteiger partial charge is 0.154 e. The van der Waals surface area contributed by atoms with E-state index in [9.17, 15) is 0 Å². The van der Waals surface area contributed by atoms with E-state index in [1.165, 1.54) is 11.1 Å². The molecule has 168 valence electrons. The molecular formula is C30H27N3O. The van der Waals surface area contributed by atoms with Crippen LogP contribution in [0.15, 0.2) is 88.3 Å². The van der Waals surface area contributed by atoms with Gasteiger partial charge >= 0.3 is 0 Å². The zero-order valence-corrected chi connectivity index (χ0v) is 19.6. The van der Waals surface area contributed by atoms with Crippen molar-refractivity contribution in [1.29, 1.82) is 5.41 Å². The number of rotatable bonds is 4. The Labute approximate surface area is 198 Å². The standard InChI is InChI=1S/C30H27N3O/c1-18(2)11-16-22-19(3)12-13-20-14-15-21(17-25(20)22)29(31)33-30(32)24-8-6-10-27-28(24)23-7-4-5-9-26(23)34-27/h4-18H,1-3H3,(H3,31,32,33)/b16-11-. The van der Waals surface area contributed by atoms with E-state index in [1.807, 2.05) is 60.7 Å². The summed E-state index contributed by atoms with van der Waals surface area (Å²) in [6.45, 7) is 6.45. The maximum absolute atomic E-state index is 8.70. The van der Waals surface area contributed by atoms with Crippen molar-refractivity contribution in [3.63, 3.8) is 0 Å². The topological polar surface area (TPSA) is 75.4 Å². The zero-order valence-electron chi connectivity index (χ0n) is 19.6. The molecule has 4 nitrogen and oxygen atoms in total. The van der Waals surface area contributed by atoms with E-state index in [-0.39, 0.29) is 5.84 Å². The number of amidine groups is 2. The highest BCUT2D eigenvalue weighted by Gasteiger charge is 2.14. The fourth-order valence-corrected chi connectivity index (χ4v) is 4.34. The fraction of sp³-hybridized carbons (Fsp3) is 0.133. The maximum atomic E-state index is 8.70. The molecule has 0 spiro atoms. The van der Waals surface area contributed by atoms with E-state index in [2.05, 4.69) is 50.0 Å². The molecule has 0 aliphatic carbocycles. The molecule has 1 aromatic heterocycles. The van der Waals surface area contributed by atoms with Gasteiger partial charge in [-0.05, 0) is 52.9 Å². The van der Waals surface area contributed by atoms with Gasteiger partial charge in [0.15, 0.2) is 5.84 Å². The Morgan fingerprint density at radius 3 is 2.53 bits per heavy atom. The lowest BCUT2D eigenvalue weighted by Gasteiger charge is -2.10. The zero-order chi connectivity index (χ0) is 23.8. The van der Waals surface area contributed by atoms with Crippen molar-refractivity contribution in [2.75, 3.05) is 0 Å². The number of nitrogens with zero attached hydrogens (tertiary/aromatic N) is 1. The minimum Gasteiger partial charge on any atom is -0.456 e. The van der Waals surface area contributed by atoms with E-state index in [0.29, 0.717) is 11.8 Å². The van der Waals surface area contributed by atoms with Crippen molar-refractivity contribution in [3.05, 3.63) is 101 Å². The van der Waals surface area contributed by atoms with Gasteiger partial charge in [-0.3, -0.25) is 5.41 Å². The molecule has 0 radical (unpaired) electrons. The van der Waals surface area contributed by atoms with E-state index in [1.54, 1.807) is 0 Å². The van der Waals surface area contributed by atoms with Crippen molar-refractivity contribution in [1.82, 2.24) is 0 Å². The van der Waals surface area contributed by atoms with Crippen LogP contribution in [0.1, 0.15) is 36.1 Å². The lowest BCUT2D eigenvalue weighted by Crippen LogP contribution is -2.16. The fourth-order valence-electron chi connectivity index (χ4n) is 4.34. The number of aryl methyl sites for hydroxylation is 1. The number of para-hydroxylation sites is 1. The van der Waals surface area contributed by atoms with Gasteiger partial charge < -0.3 is 10.2 Å². The van der Waals surface area contributed by atoms with Gasteiger partial charge in [0.1, 0.15) is 17.0 Å². The quantitative estimate of drug-likeness (QED) is 0.223. The van der Waals surface area contributed by atoms with Crippen LogP contribution in [0.25, 0.3) is 38.8 Å². The third kappa shape index (κ3) is 3.88. The lowest BCUT2D eigenvalue weighted by molar-refractivity contribution is 0.669. The molecule has 0 bridgehead atoms. The second-order valence-corrected chi connectivity index (χ2v) is 8.96. The molecule has 5 aromatic rings. The van der Waals surface area contributed by atoms with Crippen molar-refractivity contribution in [2.24, 2.45) is 16.6 Å². The van der Waals surface area contributed by atoms with Crippen molar-refractivity contribution < 1.29 is 4.42 Å². The highest BCUT2D eigenvalue weighted by molar-refractivity contribution is 6.20. The molecule has 0 aliphatic rings. The average molecular weight is 446 g/mol. The number of allylic oxidation sites excluding steroid dienone is 1. The molecule has 0 amide bonds. The van der Waals surface area contributed by atoms with E-state index >= 15 is 0 Å². The van der Waals surface area contributed by atoms with Gasteiger partial charge in [0.25, 0.3) is 0 Å². The summed E-state index contributed by atoms with van der Waals surface area (Å²) in [6.07, 6.45) is 4.38. The van der Waals surface area contributed by atoms with Gasteiger partial charge in [0.05, 0.1) is 0 Å². The second-order valence-electron chi connectivity index (χ2n) is 8.96. The largest absolute Gasteiger partial charge is 0.456 e. The summed E-state index contributed by atoms with van der Waals surface area (Å²) in [4.78, 5) is 4.51. The molecule has 0 saturated carbocycles. The summed E-state index contributed by atoms with van der Waals surface area (Å²) in [6, 6.07) is 23.9. The Bertz CT molecular complexity index is 1620. The highest BCUT2D eigenvalue weighted by Crippen LogP contribution is 2.31. The van der Waals surface area contributed by atoms with Gasteiger partial charge in [-0.2, -0.15) is 0 Å². The molecule has 0 unspecified atom stereocenters. The molecular weight excluding hydrogens is 418 g/mol. The normalized spacial score (nSPS) is 12.5. The molecule has 0 atom stereocenters. The molecule has 4 heteroatoms. The van der Waals surface area contributed by atoms with Crippen LogP contribution in [-0.2, 0) is 0 Å². The van der Waals surface area contributed by atoms with Crippen molar-refractivity contribution in [3.8, 4) is 0 Å². The highest BCUT2D eigenvalue weighted by atomic mass is 16.3. The van der Waals surface area contributed by atoms with Crippen LogP contribution in [-0.4, -0.2) is 11.7 Å². The van der Waals surface area contributed by atoms with Crippen LogP contribution in [0.2, 0.25) is 0 Å². The number of aliphatic imine (C=N–C) groups is 1. The SMILES string of the molecule is Cc1ccc2ccc(C(=N)/N=C(\N)c3cccc4oc5ccccc5c34)cc2c1/C=C\C(C)C. The second kappa shape index (κ2) is 8.64. The van der Waals surface area contributed by atoms with Gasteiger partial charge in [0.2, 0.25) is 0 Å². The predicted octanol–water partition coefficient (Wildman–Crippen LogP) is 7.45. The molecule has 0 aliphatic heterocycles. The van der Waals surface area contributed by atoms with Gasteiger partial charge in [-0.15, -0.1) is 0 Å². The number of nitrogens with one attached hydrogen (secondary N) is 1. The summed E-state index contributed by atoms with van der Waals surface area (Å²) in [7, 11) is 0. The van der Waals surface area contributed by atoms with Crippen molar-refractivity contribution in [2.45, 2.75) is 20.8 Å². The molecule has 4 aromatic carbocycles. The third-order valence-electron chi connectivity index (χ3n) is 6.11. The van der Waals surface area contributed by atoms with Crippen LogP contribution >= 0.6 is 0 Å². The molecule has 0 fully saturated rings. The first-order valence-corrected chi connectivity index (χ1v) is 11.5.